The Balaban J connectivity index is 1.59. The minimum absolute atomic E-state index is 0.159. The second-order valence-corrected chi connectivity index (χ2v) is 8.49. The number of carbonyl (C=O) groups excluding carboxylic acids is 2. The number of anilines is 1. The van der Waals surface area contributed by atoms with Crippen molar-refractivity contribution in [3.05, 3.63) is 101 Å². The van der Waals surface area contributed by atoms with E-state index in [0.29, 0.717) is 28.1 Å². The molecule has 36 heavy (non-hydrogen) atoms. The van der Waals surface area contributed by atoms with Crippen LogP contribution in [0, 0.1) is 0 Å². The molecule has 1 aromatic heterocycles. The summed E-state index contributed by atoms with van der Waals surface area (Å²) in [6, 6.07) is 19.9. The number of nitrogens with one attached hydrogen (secondary N) is 1. The highest BCUT2D eigenvalue weighted by atomic mass is 35.5. The average Bonchev–Trinajstić information content (AvgIpc) is 3.30. The summed E-state index contributed by atoms with van der Waals surface area (Å²) in [5.74, 6) is -0.572. The fraction of sp³-hybridized carbons (Fsp3) is 0.115. The van der Waals surface area contributed by atoms with E-state index in [0.717, 1.165) is 10.7 Å². The molecule has 0 bridgehead atoms. The van der Waals surface area contributed by atoms with Crippen LogP contribution in [-0.4, -0.2) is 40.6 Å². The van der Waals surface area contributed by atoms with Gasteiger partial charge in [0, 0.05) is 36.5 Å². The summed E-state index contributed by atoms with van der Waals surface area (Å²) >= 11 is 6.21. The normalized spacial score (nSPS) is 11.3. The second-order valence-electron chi connectivity index (χ2n) is 8.08. The van der Waals surface area contributed by atoms with Crippen molar-refractivity contribution in [2.45, 2.75) is 6.18 Å². The van der Waals surface area contributed by atoms with Crippen molar-refractivity contribution >= 4 is 29.1 Å². The minimum Gasteiger partial charge on any atom is -0.345 e. The molecule has 0 aliphatic carbocycles. The van der Waals surface area contributed by atoms with Crippen molar-refractivity contribution in [1.82, 2.24) is 14.7 Å². The zero-order valence-electron chi connectivity index (χ0n) is 19.2. The number of carbonyl (C=O) groups is 2. The van der Waals surface area contributed by atoms with Crippen molar-refractivity contribution in [1.29, 1.82) is 0 Å². The number of amides is 2. The van der Waals surface area contributed by atoms with E-state index in [1.54, 1.807) is 62.6 Å². The highest BCUT2D eigenvalue weighted by Crippen LogP contribution is 2.34. The average molecular weight is 513 g/mol. The first kappa shape index (κ1) is 25.0. The Morgan fingerprint density at radius 3 is 2.11 bits per heavy atom. The van der Waals surface area contributed by atoms with E-state index in [9.17, 15) is 22.8 Å². The first-order valence-corrected chi connectivity index (χ1v) is 11.1. The Morgan fingerprint density at radius 2 is 1.53 bits per heavy atom. The van der Waals surface area contributed by atoms with Crippen LogP contribution in [-0.2, 0) is 6.18 Å². The number of aromatic nitrogens is 2. The fourth-order valence-corrected chi connectivity index (χ4v) is 3.70. The number of alkyl halides is 3. The molecule has 2 amide bonds. The molecule has 0 atom stereocenters. The molecule has 0 unspecified atom stereocenters. The lowest BCUT2D eigenvalue weighted by atomic mass is 10.1. The maximum atomic E-state index is 13.4. The second kappa shape index (κ2) is 9.87. The largest absolute Gasteiger partial charge is 0.435 e. The molecular formula is C26H20ClF3N4O2. The molecule has 0 saturated heterocycles. The summed E-state index contributed by atoms with van der Waals surface area (Å²) in [4.78, 5) is 26.1. The molecule has 0 spiro atoms. The Hall–Kier alpha value is -4.11. The van der Waals surface area contributed by atoms with Gasteiger partial charge in [-0.05, 0) is 54.6 Å². The van der Waals surface area contributed by atoms with Gasteiger partial charge in [-0.3, -0.25) is 9.59 Å². The molecule has 0 saturated carbocycles. The van der Waals surface area contributed by atoms with Crippen molar-refractivity contribution in [2.75, 3.05) is 19.4 Å². The maximum absolute atomic E-state index is 13.4. The lowest BCUT2D eigenvalue weighted by Crippen LogP contribution is -2.21. The molecule has 10 heteroatoms. The van der Waals surface area contributed by atoms with Crippen LogP contribution in [0.1, 0.15) is 26.4 Å². The first-order valence-electron chi connectivity index (χ1n) is 10.7. The van der Waals surface area contributed by atoms with Crippen LogP contribution in [0.4, 0.5) is 18.9 Å². The molecule has 0 aliphatic heterocycles. The predicted molar refractivity (Wildman–Crippen MR) is 131 cm³/mol. The third-order valence-corrected chi connectivity index (χ3v) is 5.64. The van der Waals surface area contributed by atoms with Crippen molar-refractivity contribution < 1.29 is 22.8 Å². The van der Waals surface area contributed by atoms with Crippen LogP contribution < -0.4 is 5.32 Å². The van der Waals surface area contributed by atoms with Crippen LogP contribution in [0.2, 0.25) is 5.02 Å². The number of hydrogen-bond acceptors (Lipinski definition) is 3. The van der Waals surface area contributed by atoms with Crippen LogP contribution in [0.3, 0.4) is 0 Å². The van der Waals surface area contributed by atoms with Gasteiger partial charge in [0.05, 0.1) is 16.4 Å². The van der Waals surface area contributed by atoms with E-state index >= 15 is 0 Å². The number of halogens is 4. The quantitative estimate of drug-likeness (QED) is 0.348. The van der Waals surface area contributed by atoms with Gasteiger partial charge < -0.3 is 10.2 Å². The molecule has 3 aromatic carbocycles. The molecule has 6 nitrogen and oxygen atoms in total. The van der Waals surface area contributed by atoms with E-state index in [-0.39, 0.29) is 16.6 Å². The number of rotatable bonds is 5. The number of hydrogen-bond donors (Lipinski definition) is 1. The molecule has 1 N–H and O–H groups in total. The zero-order valence-corrected chi connectivity index (χ0v) is 19.9. The van der Waals surface area contributed by atoms with Gasteiger partial charge >= 0.3 is 6.18 Å². The molecule has 0 fully saturated rings. The number of nitrogens with zero attached hydrogens (tertiary/aromatic N) is 3. The molecule has 1 heterocycles. The van der Waals surface area contributed by atoms with E-state index in [4.69, 9.17) is 11.6 Å². The Labute approximate surface area is 209 Å². The third kappa shape index (κ3) is 5.26. The fourth-order valence-electron chi connectivity index (χ4n) is 3.48. The molecular weight excluding hydrogens is 493 g/mol. The Bertz CT molecular complexity index is 1410. The van der Waals surface area contributed by atoms with E-state index in [1.165, 1.54) is 29.2 Å². The molecule has 0 radical (unpaired) electrons. The minimum atomic E-state index is -4.65. The van der Waals surface area contributed by atoms with Gasteiger partial charge in [-0.1, -0.05) is 35.9 Å². The van der Waals surface area contributed by atoms with Gasteiger partial charge in [0.2, 0.25) is 0 Å². The monoisotopic (exact) mass is 512 g/mol. The summed E-state index contributed by atoms with van der Waals surface area (Å²) < 4.78 is 41.4. The smallest absolute Gasteiger partial charge is 0.345 e. The van der Waals surface area contributed by atoms with Gasteiger partial charge in [-0.2, -0.15) is 18.3 Å². The van der Waals surface area contributed by atoms with Gasteiger partial charge in [-0.25, -0.2) is 4.68 Å². The molecule has 4 aromatic rings. The van der Waals surface area contributed by atoms with Gasteiger partial charge in [0.25, 0.3) is 11.8 Å². The van der Waals surface area contributed by atoms with Gasteiger partial charge in [-0.15, -0.1) is 0 Å². The predicted octanol–water partition coefficient (Wildman–Crippen LogP) is 6.17. The Kier molecular flexibility index (Phi) is 6.85. The molecule has 4 rings (SSSR count). The summed E-state index contributed by atoms with van der Waals surface area (Å²) in [5.41, 5.74) is 1.09. The topological polar surface area (TPSA) is 67.2 Å². The van der Waals surface area contributed by atoms with Crippen molar-refractivity contribution in [3.8, 4) is 16.9 Å². The molecule has 184 valence electrons. The van der Waals surface area contributed by atoms with Crippen LogP contribution in [0.15, 0.2) is 78.9 Å². The van der Waals surface area contributed by atoms with Crippen LogP contribution in [0.25, 0.3) is 16.9 Å². The summed E-state index contributed by atoms with van der Waals surface area (Å²) in [6.45, 7) is 0. The summed E-state index contributed by atoms with van der Waals surface area (Å²) in [6.07, 6.45) is -4.65. The van der Waals surface area contributed by atoms with E-state index in [2.05, 4.69) is 10.4 Å². The summed E-state index contributed by atoms with van der Waals surface area (Å²) in [7, 11) is 3.29. The third-order valence-electron chi connectivity index (χ3n) is 5.32. The summed E-state index contributed by atoms with van der Waals surface area (Å²) in [5, 5.41) is 6.71. The molecule has 0 aliphatic rings. The SMILES string of the molecule is CN(C)C(=O)c1ccc(NC(=O)c2ccc(-c3cc(C(F)(F)F)nn3-c3ccccc3Cl)cc2)cc1. The van der Waals surface area contributed by atoms with E-state index in [1.807, 2.05) is 0 Å². The highest BCUT2D eigenvalue weighted by Gasteiger charge is 2.35. The van der Waals surface area contributed by atoms with Crippen LogP contribution >= 0.6 is 11.6 Å². The maximum Gasteiger partial charge on any atom is 0.435 e. The lowest BCUT2D eigenvalue weighted by Gasteiger charge is -2.11. The zero-order chi connectivity index (χ0) is 26.0. The number of para-hydroxylation sites is 1. The Morgan fingerprint density at radius 1 is 0.917 bits per heavy atom. The van der Waals surface area contributed by atoms with Gasteiger partial charge in [0.1, 0.15) is 0 Å². The van der Waals surface area contributed by atoms with Crippen LogP contribution in [0.5, 0.6) is 0 Å². The van der Waals surface area contributed by atoms with Crippen molar-refractivity contribution in [3.63, 3.8) is 0 Å². The van der Waals surface area contributed by atoms with E-state index < -0.39 is 17.8 Å². The van der Waals surface area contributed by atoms with Gasteiger partial charge in [0.15, 0.2) is 5.69 Å². The lowest BCUT2D eigenvalue weighted by molar-refractivity contribution is -0.141. The first-order chi connectivity index (χ1) is 17.0. The highest BCUT2D eigenvalue weighted by molar-refractivity contribution is 6.32. The number of benzene rings is 3. The standard InChI is InChI=1S/C26H20ClF3N4O2/c1-33(2)25(36)18-11-13-19(14-12-18)31-24(35)17-9-7-16(8-10-17)22-15-23(26(28,29)30)32-34(22)21-6-4-3-5-20(21)27/h3-15H,1-2H3,(H,31,35). The van der Waals surface area contributed by atoms with Crippen molar-refractivity contribution in [2.24, 2.45) is 0 Å².